The molecule has 5 nitrogen and oxygen atoms in total. The Kier molecular flexibility index (Phi) is 3.56. The Hall–Kier alpha value is -2.69. The van der Waals surface area contributed by atoms with E-state index in [1.807, 2.05) is 0 Å². The Morgan fingerprint density at radius 1 is 1.16 bits per heavy atom. The second-order valence-corrected chi connectivity index (χ2v) is 3.86. The average molecular weight is 258 g/mol. The summed E-state index contributed by atoms with van der Waals surface area (Å²) < 4.78 is 5.05. The smallest absolute Gasteiger partial charge is 0.324 e. The summed E-state index contributed by atoms with van der Waals surface area (Å²) in [5, 5.41) is 9.82. The van der Waals surface area contributed by atoms with Gasteiger partial charge >= 0.3 is 6.03 Å². The molecule has 0 aliphatic heterocycles. The lowest BCUT2D eigenvalue weighted by Crippen LogP contribution is -2.31. The summed E-state index contributed by atoms with van der Waals surface area (Å²) in [5.74, 6) is 0.655. The monoisotopic (exact) mass is 258 g/mol. The number of aromatic hydroxyl groups is 1. The van der Waals surface area contributed by atoms with E-state index in [-0.39, 0.29) is 5.75 Å². The van der Waals surface area contributed by atoms with Gasteiger partial charge in [0.25, 0.3) is 0 Å². The maximum Gasteiger partial charge on any atom is 0.324 e. The second kappa shape index (κ2) is 5.30. The van der Waals surface area contributed by atoms with Gasteiger partial charge in [-0.05, 0) is 36.4 Å². The number of nitrogens with zero attached hydrogens (tertiary/aromatic N) is 1. The van der Waals surface area contributed by atoms with Crippen LogP contribution in [0, 0.1) is 0 Å². The molecule has 0 spiro atoms. The summed E-state index contributed by atoms with van der Waals surface area (Å²) in [7, 11) is 1.56. The lowest BCUT2D eigenvalue weighted by atomic mass is 10.2. The first-order chi connectivity index (χ1) is 9.13. The van der Waals surface area contributed by atoms with Crippen LogP contribution >= 0.6 is 0 Å². The molecule has 3 N–H and O–H groups in total. The molecule has 0 heterocycles. The fourth-order valence-electron chi connectivity index (χ4n) is 1.77. The van der Waals surface area contributed by atoms with E-state index in [1.54, 1.807) is 49.6 Å². The maximum atomic E-state index is 11.6. The van der Waals surface area contributed by atoms with E-state index in [0.29, 0.717) is 17.1 Å². The van der Waals surface area contributed by atoms with Gasteiger partial charge in [0.15, 0.2) is 0 Å². The third kappa shape index (κ3) is 2.60. The van der Waals surface area contributed by atoms with Crippen LogP contribution in [0.15, 0.2) is 48.5 Å². The van der Waals surface area contributed by atoms with Crippen LogP contribution in [-0.4, -0.2) is 18.2 Å². The topological polar surface area (TPSA) is 75.8 Å². The molecule has 2 amide bonds. The molecule has 0 unspecified atom stereocenters. The van der Waals surface area contributed by atoms with Gasteiger partial charge in [0, 0.05) is 0 Å². The number of nitrogens with two attached hydrogens (primary N) is 1. The molecular weight excluding hydrogens is 244 g/mol. The van der Waals surface area contributed by atoms with E-state index in [2.05, 4.69) is 0 Å². The van der Waals surface area contributed by atoms with Crippen LogP contribution in [0.2, 0.25) is 0 Å². The lowest BCUT2D eigenvalue weighted by Gasteiger charge is -2.21. The molecule has 0 atom stereocenters. The number of urea groups is 1. The highest BCUT2D eigenvalue weighted by Gasteiger charge is 2.17. The first kappa shape index (κ1) is 12.8. The Balaban J connectivity index is 2.46. The highest BCUT2D eigenvalue weighted by molar-refractivity contribution is 5.99. The molecule has 2 aromatic carbocycles. The van der Waals surface area contributed by atoms with Crippen LogP contribution in [0.3, 0.4) is 0 Å². The molecule has 5 heteroatoms. The van der Waals surface area contributed by atoms with Gasteiger partial charge in [0.05, 0.1) is 18.5 Å². The summed E-state index contributed by atoms with van der Waals surface area (Å²) >= 11 is 0. The Labute approximate surface area is 110 Å². The zero-order chi connectivity index (χ0) is 13.8. The molecule has 0 aliphatic rings. The molecule has 0 fully saturated rings. The van der Waals surface area contributed by atoms with Gasteiger partial charge in [-0.1, -0.05) is 12.1 Å². The number of para-hydroxylation sites is 2. The van der Waals surface area contributed by atoms with Gasteiger partial charge in [-0.2, -0.15) is 0 Å². The van der Waals surface area contributed by atoms with E-state index in [0.717, 1.165) is 0 Å². The quantitative estimate of drug-likeness (QED) is 0.888. The van der Waals surface area contributed by atoms with Crippen molar-refractivity contribution < 1.29 is 14.6 Å². The summed E-state index contributed by atoms with van der Waals surface area (Å²) in [6.45, 7) is 0. The number of carbonyl (C=O) groups excluding carboxylic acids is 1. The van der Waals surface area contributed by atoms with Gasteiger partial charge < -0.3 is 15.6 Å². The minimum Gasteiger partial charge on any atom is -0.506 e. The molecule has 0 aromatic heterocycles. The van der Waals surface area contributed by atoms with Crippen LogP contribution < -0.4 is 15.4 Å². The van der Waals surface area contributed by atoms with Crippen molar-refractivity contribution in [2.45, 2.75) is 0 Å². The number of anilines is 2. The predicted octanol–water partition coefficient (Wildman–Crippen LogP) is 2.62. The zero-order valence-corrected chi connectivity index (χ0v) is 10.4. The van der Waals surface area contributed by atoms with E-state index < -0.39 is 6.03 Å². The fourth-order valence-corrected chi connectivity index (χ4v) is 1.77. The number of carbonyl (C=O) groups is 1. The van der Waals surface area contributed by atoms with Gasteiger partial charge in [0.2, 0.25) is 0 Å². The third-order valence-corrected chi connectivity index (χ3v) is 2.67. The normalized spacial score (nSPS) is 9.95. The van der Waals surface area contributed by atoms with E-state index in [9.17, 15) is 9.90 Å². The molecule has 98 valence electrons. The van der Waals surface area contributed by atoms with E-state index in [1.165, 1.54) is 11.0 Å². The molecule has 0 bridgehead atoms. The summed E-state index contributed by atoms with van der Waals surface area (Å²) in [5.41, 5.74) is 6.27. The first-order valence-corrected chi connectivity index (χ1v) is 5.65. The zero-order valence-electron chi connectivity index (χ0n) is 10.4. The highest BCUT2D eigenvalue weighted by atomic mass is 16.5. The molecule has 19 heavy (non-hydrogen) atoms. The summed E-state index contributed by atoms with van der Waals surface area (Å²) in [6.07, 6.45) is 0. The number of ether oxygens (including phenoxy) is 1. The van der Waals surface area contributed by atoms with Crippen LogP contribution in [0.4, 0.5) is 16.2 Å². The molecule has 2 rings (SSSR count). The number of hydrogen-bond donors (Lipinski definition) is 2. The standard InChI is InChI=1S/C14H14N2O3/c1-19-11-8-6-10(7-9-11)16(14(15)18)12-4-2-3-5-13(12)17/h2-9,17H,1H3,(H2,15,18). The minimum atomic E-state index is -0.674. The van der Waals surface area contributed by atoms with Crippen LogP contribution in [0.5, 0.6) is 11.5 Å². The molecule has 0 saturated carbocycles. The van der Waals surface area contributed by atoms with Gasteiger partial charge in [0.1, 0.15) is 11.5 Å². The van der Waals surface area contributed by atoms with Gasteiger partial charge in [-0.3, -0.25) is 4.90 Å². The Morgan fingerprint density at radius 2 is 1.79 bits per heavy atom. The molecule has 0 radical (unpaired) electrons. The van der Waals surface area contributed by atoms with Crippen molar-refractivity contribution in [3.05, 3.63) is 48.5 Å². The van der Waals surface area contributed by atoms with Crippen molar-refractivity contribution in [3.63, 3.8) is 0 Å². The van der Waals surface area contributed by atoms with Crippen molar-refractivity contribution in [1.29, 1.82) is 0 Å². The molecule has 0 aliphatic carbocycles. The Morgan fingerprint density at radius 3 is 2.32 bits per heavy atom. The number of phenolic OH excluding ortho intramolecular Hbond substituents is 1. The summed E-state index contributed by atoms with van der Waals surface area (Å²) in [6, 6.07) is 12.6. The second-order valence-electron chi connectivity index (χ2n) is 3.86. The van der Waals surface area contributed by atoms with Crippen LogP contribution in [0.25, 0.3) is 0 Å². The fraction of sp³-hybridized carbons (Fsp3) is 0.0714. The van der Waals surface area contributed by atoms with Gasteiger partial charge in [-0.25, -0.2) is 4.79 Å². The number of hydrogen-bond acceptors (Lipinski definition) is 3. The van der Waals surface area contributed by atoms with E-state index >= 15 is 0 Å². The van der Waals surface area contributed by atoms with Crippen molar-refractivity contribution >= 4 is 17.4 Å². The number of primary amides is 1. The van der Waals surface area contributed by atoms with Crippen molar-refractivity contribution in [1.82, 2.24) is 0 Å². The SMILES string of the molecule is COc1ccc(N(C(N)=O)c2ccccc2O)cc1. The van der Waals surface area contributed by atoms with Crippen molar-refractivity contribution in [2.75, 3.05) is 12.0 Å². The first-order valence-electron chi connectivity index (χ1n) is 5.65. The lowest BCUT2D eigenvalue weighted by molar-refractivity contribution is 0.256. The van der Waals surface area contributed by atoms with Crippen molar-refractivity contribution in [3.8, 4) is 11.5 Å². The highest BCUT2D eigenvalue weighted by Crippen LogP contribution is 2.33. The van der Waals surface area contributed by atoms with E-state index in [4.69, 9.17) is 10.5 Å². The molecule has 2 aromatic rings. The molecule has 0 saturated heterocycles. The number of phenols is 1. The molecular formula is C14H14N2O3. The van der Waals surface area contributed by atoms with Crippen LogP contribution in [0.1, 0.15) is 0 Å². The Bertz CT molecular complexity index is 581. The number of methoxy groups -OCH3 is 1. The maximum absolute atomic E-state index is 11.6. The van der Waals surface area contributed by atoms with Gasteiger partial charge in [-0.15, -0.1) is 0 Å². The number of rotatable bonds is 3. The average Bonchev–Trinajstić information content (AvgIpc) is 2.42. The third-order valence-electron chi connectivity index (χ3n) is 2.67. The summed E-state index contributed by atoms with van der Waals surface area (Å²) in [4.78, 5) is 12.8. The largest absolute Gasteiger partial charge is 0.506 e. The number of benzene rings is 2. The number of amides is 2. The predicted molar refractivity (Wildman–Crippen MR) is 72.8 cm³/mol. The van der Waals surface area contributed by atoms with Crippen molar-refractivity contribution in [2.24, 2.45) is 5.73 Å². The minimum absolute atomic E-state index is 0.0166. The van der Waals surface area contributed by atoms with Crippen LogP contribution in [-0.2, 0) is 0 Å².